The van der Waals surface area contributed by atoms with Gasteiger partial charge in [0.15, 0.2) is 0 Å². The maximum Gasteiger partial charge on any atom is 0.127 e. The van der Waals surface area contributed by atoms with Crippen molar-refractivity contribution >= 4 is 33.2 Å². The Kier molecular flexibility index (Phi) is 4.41. The molecule has 2 nitrogen and oxygen atoms in total. The van der Waals surface area contributed by atoms with Gasteiger partial charge in [0, 0.05) is 10.0 Å². The Morgan fingerprint density at radius 3 is 2.95 bits per heavy atom. The van der Waals surface area contributed by atoms with Gasteiger partial charge in [-0.1, -0.05) is 45.7 Å². The molecule has 0 spiro atoms. The number of fused-ring (bicyclic) bond motifs is 1. The van der Waals surface area contributed by atoms with E-state index in [2.05, 4.69) is 46.4 Å². The number of benzene rings is 2. The van der Waals surface area contributed by atoms with Crippen LogP contribution >= 0.6 is 27.5 Å². The fourth-order valence-corrected chi connectivity index (χ4v) is 3.44. The summed E-state index contributed by atoms with van der Waals surface area (Å²) in [6.45, 7) is 2.86. The zero-order chi connectivity index (χ0) is 14.8. The van der Waals surface area contributed by atoms with Crippen LogP contribution in [0.25, 0.3) is 0 Å². The predicted molar refractivity (Wildman–Crippen MR) is 91.4 cm³/mol. The van der Waals surface area contributed by atoms with Gasteiger partial charge in [0.1, 0.15) is 5.75 Å². The van der Waals surface area contributed by atoms with Crippen molar-refractivity contribution in [1.82, 2.24) is 0 Å². The van der Waals surface area contributed by atoms with Crippen LogP contribution in [-0.4, -0.2) is 6.61 Å². The normalized spacial score (nSPS) is 17.6. The molecule has 0 saturated carbocycles. The molecule has 1 unspecified atom stereocenters. The predicted octanol–water partition coefficient (Wildman–Crippen LogP) is 5.74. The third-order valence-electron chi connectivity index (χ3n) is 3.76. The number of rotatable bonds is 2. The van der Waals surface area contributed by atoms with Crippen molar-refractivity contribution in [2.75, 3.05) is 11.9 Å². The van der Waals surface area contributed by atoms with Crippen molar-refractivity contribution in [1.29, 1.82) is 0 Å². The molecule has 0 bridgehead atoms. The monoisotopic (exact) mass is 365 g/mol. The second-order valence-corrected chi connectivity index (χ2v) is 6.63. The number of aryl methyl sites for hydroxylation is 1. The van der Waals surface area contributed by atoms with Crippen LogP contribution in [0.3, 0.4) is 0 Å². The molecule has 1 heterocycles. The van der Waals surface area contributed by atoms with Crippen LogP contribution in [0.4, 0.5) is 5.69 Å². The Labute approximate surface area is 138 Å². The molecule has 3 rings (SSSR count). The maximum absolute atomic E-state index is 6.32. The Bertz CT molecular complexity index is 659. The van der Waals surface area contributed by atoms with E-state index in [1.54, 1.807) is 0 Å². The molecule has 2 aromatic carbocycles. The molecule has 4 heteroatoms. The van der Waals surface area contributed by atoms with Crippen molar-refractivity contribution in [3.8, 4) is 5.75 Å². The van der Waals surface area contributed by atoms with E-state index in [-0.39, 0.29) is 6.04 Å². The number of hydrogen-bond donors (Lipinski definition) is 1. The van der Waals surface area contributed by atoms with Crippen molar-refractivity contribution in [2.24, 2.45) is 0 Å². The number of ether oxygens (including phenoxy) is 1. The SMILES string of the molecule is Cc1cccc2c1OCCCC2Nc1ccc(Br)cc1Cl. The van der Waals surface area contributed by atoms with E-state index in [1.807, 2.05) is 18.2 Å². The molecule has 1 aliphatic rings. The van der Waals surface area contributed by atoms with E-state index in [0.29, 0.717) is 0 Å². The first-order chi connectivity index (χ1) is 10.1. The minimum absolute atomic E-state index is 0.223. The van der Waals surface area contributed by atoms with Gasteiger partial charge in [-0.05, 0) is 43.5 Å². The summed E-state index contributed by atoms with van der Waals surface area (Å²) in [5.41, 5.74) is 3.36. The van der Waals surface area contributed by atoms with Crippen molar-refractivity contribution in [3.63, 3.8) is 0 Å². The molecule has 0 aromatic heterocycles. The van der Waals surface area contributed by atoms with Gasteiger partial charge in [-0.25, -0.2) is 0 Å². The Morgan fingerprint density at radius 2 is 2.14 bits per heavy atom. The molecule has 1 N–H and O–H groups in total. The molecular formula is C17H17BrClNO. The lowest BCUT2D eigenvalue weighted by atomic mass is 9.99. The molecule has 2 aromatic rings. The van der Waals surface area contributed by atoms with Crippen LogP contribution in [0.5, 0.6) is 5.75 Å². The Morgan fingerprint density at radius 1 is 1.29 bits per heavy atom. The Hall–Kier alpha value is -1.19. The smallest absolute Gasteiger partial charge is 0.127 e. The van der Waals surface area contributed by atoms with Crippen LogP contribution in [0.1, 0.15) is 30.0 Å². The van der Waals surface area contributed by atoms with E-state index < -0.39 is 0 Å². The summed E-state index contributed by atoms with van der Waals surface area (Å²) in [6, 6.07) is 12.5. The van der Waals surface area contributed by atoms with Crippen molar-refractivity contribution in [2.45, 2.75) is 25.8 Å². The molecular weight excluding hydrogens is 350 g/mol. The van der Waals surface area contributed by atoms with E-state index in [0.717, 1.165) is 40.4 Å². The van der Waals surface area contributed by atoms with E-state index in [4.69, 9.17) is 16.3 Å². The zero-order valence-electron chi connectivity index (χ0n) is 11.8. The molecule has 0 radical (unpaired) electrons. The third-order valence-corrected chi connectivity index (χ3v) is 4.57. The second-order valence-electron chi connectivity index (χ2n) is 5.31. The largest absolute Gasteiger partial charge is 0.493 e. The quantitative estimate of drug-likeness (QED) is 0.732. The first-order valence-corrected chi connectivity index (χ1v) is 8.26. The van der Waals surface area contributed by atoms with Crippen LogP contribution in [-0.2, 0) is 0 Å². The molecule has 0 amide bonds. The number of para-hydroxylation sites is 1. The molecule has 0 saturated heterocycles. The van der Waals surface area contributed by atoms with Gasteiger partial charge >= 0.3 is 0 Å². The fourth-order valence-electron chi connectivity index (χ4n) is 2.71. The zero-order valence-corrected chi connectivity index (χ0v) is 14.2. The third kappa shape index (κ3) is 3.19. The molecule has 0 aliphatic carbocycles. The fraction of sp³-hybridized carbons (Fsp3) is 0.294. The summed E-state index contributed by atoms with van der Waals surface area (Å²) in [5.74, 6) is 1.01. The van der Waals surface area contributed by atoms with E-state index in [1.165, 1.54) is 11.1 Å². The molecule has 0 fully saturated rings. The lowest BCUT2D eigenvalue weighted by Crippen LogP contribution is -2.10. The first kappa shape index (κ1) is 14.7. The molecule has 21 heavy (non-hydrogen) atoms. The van der Waals surface area contributed by atoms with E-state index in [9.17, 15) is 0 Å². The van der Waals surface area contributed by atoms with E-state index >= 15 is 0 Å². The number of anilines is 1. The average Bonchev–Trinajstić information content (AvgIpc) is 2.66. The molecule has 110 valence electrons. The topological polar surface area (TPSA) is 21.3 Å². The highest BCUT2D eigenvalue weighted by Gasteiger charge is 2.21. The van der Waals surface area contributed by atoms with Gasteiger partial charge in [0.05, 0.1) is 23.4 Å². The summed E-state index contributed by atoms with van der Waals surface area (Å²) in [6.07, 6.45) is 2.06. The van der Waals surface area contributed by atoms with Gasteiger partial charge in [-0.3, -0.25) is 0 Å². The number of halogens is 2. The first-order valence-electron chi connectivity index (χ1n) is 7.09. The van der Waals surface area contributed by atoms with Crippen molar-refractivity contribution in [3.05, 3.63) is 57.0 Å². The van der Waals surface area contributed by atoms with Gasteiger partial charge in [-0.2, -0.15) is 0 Å². The van der Waals surface area contributed by atoms with Gasteiger partial charge < -0.3 is 10.1 Å². The lowest BCUT2D eigenvalue weighted by molar-refractivity contribution is 0.314. The highest BCUT2D eigenvalue weighted by molar-refractivity contribution is 9.10. The average molecular weight is 367 g/mol. The van der Waals surface area contributed by atoms with Crippen LogP contribution in [0.15, 0.2) is 40.9 Å². The minimum Gasteiger partial charge on any atom is -0.493 e. The van der Waals surface area contributed by atoms with Crippen LogP contribution < -0.4 is 10.1 Å². The minimum atomic E-state index is 0.223. The highest BCUT2D eigenvalue weighted by Crippen LogP contribution is 2.37. The number of nitrogens with one attached hydrogen (secondary N) is 1. The second kappa shape index (κ2) is 6.29. The van der Waals surface area contributed by atoms with Crippen LogP contribution in [0, 0.1) is 6.92 Å². The summed E-state index contributed by atoms with van der Waals surface area (Å²) in [5, 5.41) is 4.29. The summed E-state index contributed by atoms with van der Waals surface area (Å²) in [4.78, 5) is 0. The highest BCUT2D eigenvalue weighted by atomic mass is 79.9. The molecule has 1 atom stereocenters. The van der Waals surface area contributed by atoms with Gasteiger partial charge in [0.25, 0.3) is 0 Å². The van der Waals surface area contributed by atoms with Crippen LogP contribution in [0.2, 0.25) is 5.02 Å². The maximum atomic E-state index is 6.32. The molecule has 1 aliphatic heterocycles. The standard InChI is InChI=1S/C17H17BrClNO/c1-11-4-2-5-13-15(6-3-9-21-17(11)13)20-16-8-7-12(18)10-14(16)19/h2,4-5,7-8,10,15,20H,3,6,9H2,1H3. The lowest BCUT2D eigenvalue weighted by Gasteiger charge is -2.21. The van der Waals surface area contributed by atoms with Crippen molar-refractivity contribution < 1.29 is 4.74 Å². The summed E-state index contributed by atoms with van der Waals surface area (Å²) >= 11 is 9.76. The number of hydrogen-bond acceptors (Lipinski definition) is 2. The Balaban J connectivity index is 1.94. The van der Waals surface area contributed by atoms with Gasteiger partial charge in [-0.15, -0.1) is 0 Å². The summed E-state index contributed by atoms with van der Waals surface area (Å²) in [7, 11) is 0. The van der Waals surface area contributed by atoms with Gasteiger partial charge in [0.2, 0.25) is 0 Å². The summed E-state index contributed by atoms with van der Waals surface area (Å²) < 4.78 is 6.90.